The highest BCUT2D eigenvalue weighted by Gasteiger charge is 2.51. The Labute approximate surface area is 590 Å². The fraction of sp³-hybridized carbons (Fsp3) is 0.373. The lowest BCUT2D eigenvalue weighted by Gasteiger charge is -2.38. The van der Waals surface area contributed by atoms with Crippen molar-refractivity contribution >= 4 is 46.9 Å². The monoisotopic (exact) mass is 1400 g/mol. The van der Waals surface area contributed by atoms with Crippen LogP contribution in [-0.2, 0) is 45.2 Å². The quantitative estimate of drug-likeness (QED) is 0.0515. The lowest BCUT2D eigenvalue weighted by molar-refractivity contribution is -0.161. The minimum atomic E-state index is -3.35. The van der Waals surface area contributed by atoms with Crippen LogP contribution in [0.3, 0.4) is 0 Å². The number of aryl methyl sites for hydroxylation is 1. The molecule has 0 unspecified atom stereocenters. The summed E-state index contributed by atoms with van der Waals surface area (Å²) < 4.78 is 69.5. The van der Waals surface area contributed by atoms with Gasteiger partial charge in [-0.2, -0.15) is 20.9 Å². The van der Waals surface area contributed by atoms with Gasteiger partial charge in [-0.25, -0.2) is 23.7 Å². The molecule has 0 spiro atoms. The Bertz CT molecular complexity index is 4540. The van der Waals surface area contributed by atoms with Gasteiger partial charge in [0, 0.05) is 105 Å². The smallest absolute Gasteiger partial charge is 0.309 e. The number of halogens is 2. The number of rotatable bonds is 20. The summed E-state index contributed by atoms with van der Waals surface area (Å²) in [5, 5.41) is 54.5. The van der Waals surface area contributed by atoms with Crippen molar-refractivity contribution in [3.63, 3.8) is 0 Å². The molecule has 3 aliphatic carbocycles. The summed E-state index contributed by atoms with van der Waals surface area (Å²) in [6, 6.07) is 38.1. The first-order chi connectivity index (χ1) is 50.0. The van der Waals surface area contributed by atoms with Gasteiger partial charge in [0.25, 0.3) is 0 Å². The van der Waals surface area contributed by atoms with E-state index < -0.39 is 42.9 Å². The number of carbonyl (C=O) groups excluding carboxylic acids is 5. The summed E-state index contributed by atoms with van der Waals surface area (Å²) in [5.74, 6) is -3.14. The van der Waals surface area contributed by atoms with Gasteiger partial charge in [-0.15, -0.1) is 0 Å². The predicted molar refractivity (Wildman–Crippen MR) is 365 cm³/mol. The van der Waals surface area contributed by atoms with Gasteiger partial charge in [0.05, 0.1) is 85.7 Å². The van der Waals surface area contributed by atoms with Gasteiger partial charge in [0.1, 0.15) is 78.0 Å². The van der Waals surface area contributed by atoms with Gasteiger partial charge < -0.3 is 58.9 Å². The number of alkyl halides is 2. The molecule has 0 bridgehead atoms. The summed E-state index contributed by atoms with van der Waals surface area (Å²) in [4.78, 5) is 74.7. The minimum Gasteiger partial charge on any atom is -0.489 e. The molecule has 7 atom stereocenters. The van der Waals surface area contributed by atoms with Gasteiger partial charge in [-0.1, -0.05) is 29.4 Å². The highest BCUT2D eigenvalue weighted by atomic mass is 19.3. The highest BCUT2D eigenvalue weighted by Crippen LogP contribution is 2.49. The molecule has 4 amide bonds. The number of amides is 4. The van der Waals surface area contributed by atoms with Crippen LogP contribution in [0.15, 0.2) is 139 Å². The van der Waals surface area contributed by atoms with Crippen molar-refractivity contribution in [2.45, 2.75) is 94.4 Å². The number of likely N-dealkylation sites (tertiary alicyclic amines) is 1. The zero-order valence-corrected chi connectivity index (χ0v) is 56.3. The number of nitrogens with one attached hydrogen (secondary N) is 3. The maximum absolute atomic E-state index is 14.7. The average Bonchev–Trinajstić information content (AvgIpc) is 1.63. The Morgan fingerprint density at radius 3 is 1.81 bits per heavy atom. The molecule has 6 aliphatic rings. The van der Waals surface area contributed by atoms with E-state index in [-0.39, 0.29) is 83.8 Å². The number of hydrogen-bond acceptors (Lipinski definition) is 21. The topological polar surface area (TPSA) is 354 Å². The number of aliphatic hydroxyl groups excluding tert-OH is 1. The van der Waals surface area contributed by atoms with Gasteiger partial charge in [0.15, 0.2) is 6.10 Å². The zero-order chi connectivity index (χ0) is 72.2. The highest BCUT2D eigenvalue weighted by molar-refractivity contribution is 5.99. The number of pyridine rings is 1. The molecule has 3 saturated heterocycles. The third kappa shape index (κ3) is 18.0. The van der Waals surface area contributed by atoms with Crippen LogP contribution in [0.5, 0.6) is 17.2 Å². The molecular weight excluding hydrogens is 1330 g/mol. The first-order valence-electron chi connectivity index (χ1n) is 33.9. The molecule has 26 nitrogen and oxygen atoms in total. The van der Waals surface area contributed by atoms with E-state index in [1.165, 1.54) is 12.4 Å². The van der Waals surface area contributed by atoms with Crippen molar-refractivity contribution in [3.8, 4) is 69.0 Å². The maximum Gasteiger partial charge on any atom is 0.309 e. The normalized spacial score (nSPS) is 20.8. The number of nitrogens with zero attached hydrogens (tertiary/aromatic N) is 10. The molecule has 4 N–H and O–H groups in total. The summed E-state index contributed by atoms with van der Waals surface area (Å²) in [6.07, 6.45) is 10.0. The number of nitriles is 3. The van der Waals surface area contributed by atoms with Crippen LogP contribution in [0.2, 0.25) is 0 Å². The van der Waals surface area contributed by atoms with Crippen molar-refractivity contribution in [1.29, 1.82) is 15.8 Å². The number of aliphatic hydroxyl groups is 1. The van der Waals surface area contributed by atoms with Crippen LogP contribution in [0.25, 0.3) is 33.5 Å². The van der Waals surface area contributed by atoms with E-state index in [2.05, 4.69) is 53.3 Å². The maximum atomic E-state index is 14.7. The third-order valence-electron chi connectivity index (χ3n) is 18.4. The summed E-state index contributed by atoms with van der Waals surface area (Å²) in [6.45, 7) is 3.01. The van der Waals surface area contributed by atoms with Crippen LogP contribution in [0.1, 0.15) is 98.3 Å². The number of ether oxygens (including phenoxy) is 6. The number of carbonyl (C=O) groups is 5. The molecule has 3 aliphatic heterocycles. The Hall–Kier alpha value is -11.5. The first-order valence-corrected chi connectivity index (χ1v) is 33.9. The second-order valence-corrected chi connectivity index (χ2v) is 25.7. The van der Waals surface area contributed by atoms with Crippen LogP contribution in [-0.4, -0.2) is 146 Å². The SMILES string of the molecule is CCOC(=O)[C@@H]1C[C@H]1C(=O)Nc1cc(-c2ccc(OC3CCOCC3)c(C#N)c2)ncn1.Cn1ccc([C@H]2C[C@@H]2C(=O)Nc2cccc(-c3ccc(O[C@H]4CCN(C(=O)CO)CC4(F)F)c(C#N)c3)c2)n1.N#Cc1cc(-c2ccnc(NC(=O)[C@@H]3C[C@H]3c3ccno3)c2)ccc1OC1CCOCC1. The van der Waals surface area contributed by atoms with E-state index in [0.29, 0.717) is 96.2 Å². The zero-order valence-electron chi connectivity index (χ0n) is 56.3. The van der Waals surface area contributed by atoms with E-state index in [0.717, 1.165) is 71.6 Å². The molecular formula is C75H73F2N13O13. The molecule has 4 aromatic heterocycles. The second kappa shape index (κ2) is 32.4. The summed E-state index contributed by atoms with van der Waals surface area (Å²) >= 11 is 0. The van der Waals surface area contributed by atoms with Crippen molar-refractivity contribution < 1.29 is 70.8 Å². The van der Waals surface area contributed by atoms with Crippen LogP contribution in [0.4, 0.5) is 26.1 Å². The third-order valence-corrected chi connectivity index (χ3v) is 18.4. The molecule has 530 valence electrons. The molecule has 7 heterocycles. The molecule has 4 aromatic carbocycles. The number of piperidine rings is 1. The first kappa shape index (κ1) is 71.3. The van der Waals surface area contributed by atoms with Crippen LogP contribution < -0.4 is 30.2 Å². The number of aromatic nitrogens is 6. The van der Waals surface area contributed by atoms with E-state index in [4.69, 9.17) is 38.1 Å². The van der Waals surface area contributed by atoms with E-state index in [1.807, 2.05) is 55.7 Å². The second-order valence-electron chi connectivity index (χ2n) is 25.7. The Morgan fingerprint density at radius 1 is 0.621 bits per heavy atom. The molecule has 14 rings (SSSR count). The van der Waals surface area contributed by atoms with Crippen molar-refractivity contribution in [1.82, 2.24) is 34.8 Å². The molecule has 28 heteroatoms. The van der Waals surface area contributed by atoms with Crippen molar-refractivity contribution in [3.05, 3.63) is 162 Å². The Balaban J connectivity index is 0.000000147. The Morgan fingerprint density at radius 2 is 1.20 bits per heavy atom. The van der Waals surface area contributed by atoms with E-state index >= 15 is 0 Å². The predicted octanol–water partition coefficient (Wildman–Crippen LogP) is 9.93. The molecule has 8 aromatic rings. The van der Waals surface area contributed by atoms with E-state index in [1.54, 1.807) is 90.7 Å². The number of hydrogen-bond donors (Lipinski definition) is 4. The van der Waals surface area contributed by atoms with Gasteiger partial charge in [-0.3, -0.25) is 28.7 Å². The average molecular weight is 1400 g/mol. The summed E-state index contributed by atoms with van der Waals surface area (Å²) in [5.41, 5.74) is 6.83. The van der Waals surface area contributed by atoms with Gasteiger partial charge in [-0.05, 0) is 121 Å². The Kier molecular flexibility index (Phi) is 22.5. The van der Waals surface area contributed by atoms with E-state index in [9.17, 15) is 48.5 Å². The number of esters is 1. The number of benzene rings is 4. The number of anilines is 3. The molecule has 0 radical (unpaired) electrons. The van der Waals surface area contributed by atoms with Gasteiger partial charge >= 0.3 is 11.9 Å². The van der Waals surface area contributed by atoms with Crippen molar-refractivity contribution in [2.24, 2.45) is 30.7 Å². The van der Waals surface area contributed by atoms with Crippen LogP contribution >= 0.6 is 0 Å². The standard InChI is InChI=1S/C28H27F2N5O4.C24H22N4O4.C23H24N4O5/c1-34-9-7-23(33-34)21-13-22(21)27(38)32-20-4-2-3-17(12-20)18-5-6-24(19(11-18)14-31)39-25-8-10-35(26(37)15-36)16-28(25,29)30;25-14-17-11-15(1-2-21(17)31-18-5-9-30-10-6-18)16-3-7-26-23(12-16)28-24(29)20-13-19(20)22-4-8-27-32-22;1-2-31-23(29)18-10-17(18)22(28)27-21-11-19(25-13-26-21)14-3-4-20(15(9-14)12-24)32-16-5-7-30-8-6-16/h2-7,9,11-12,21-22,25,36H,8,10,13,15-16H2,1H3,(H,32,38);1-4,7-8,11-12,18-20H,5-6,9-10,13H2,(H,26,28,29);3-4,9,11,13,16-18H,2,5-8,10H2,1H3,(H,25,26,27,28)/t21-,22-,25-;19-,20-;17-,18-/m011/s1. The summed E-state index contributed by atoms with van der Waals surface area (Å²) in [7, 11) is 1.84. The minimum absolute atomic E-state index is 0.0155. The van der Waals surface area contributed by atoms with Crippen molar-refractivity contribution in [2.75, 3.05) is 68.7 Å². The molecule has 103 heavy (non-hydrogen) atoms. The fourth-order valence-electron chi connectivity index (χ4n) is 12.5. The fourth-order valence-corrected chi connectivity index (χ4v) is 12.5. The molecule has 6 fully saturated rings. The van der Waals surface area contributed by atoms with Gasteiger partial charge in [0.2, 0.25) is 23.6 Å². The lowest BCUT2D eigenvalue weighted by Crippen LogP contribution is -2.55. The van der Waals surface area contributed by atoms with Crippen LogP contribution in [0, 0.1) is 57.7 Å². The lowest BCUT2D eigenvalue weighted by atomic mass is 10.0. The molecule has 3 saturated carbocycles. The largest absolute Gasteiger partial charge is 0.489 e.